The van der Waals surface area contributed by atoms with E-state index in [2.05, 4.69) is 5.32 Å². The average molecular weight is 489 g/mol. The van der Waals surface area contributed by atoms with Gasteiger partial charge in [-0.1, -0.05) is 41.9 Å². The molecule has 0 fully saturated rings. The van der Waals surface area contributed by atoms with Crippen LogP contribution in [0.3, 0.4) is 0 Å². The minimum atomic E-state index is -4.13. The van der Waals surface area contributed by atoms with Crippen molar-refractivity contribution in [3.8, 4) is 11.5 Å². The lowest BCUT2D eigenvalue weighted by atomic mass is 10.2. The Kier molecular flexibility index (Phi) is 7.97. The van der Waals surface area contributed by atoms with Crippen LogP contribution in [0.5, 0.6) is 11.5 Å². The average Bonchev–Trinajstić information content (AvgIpc) is 2.80. The molecule has 7 nitrogen and oxygen atoms in total. The molecule has 0 unspecified atom stereocenters. The minimum absolute atomic E-state index is 0.00342. The van der Waals surface area contributed by atoms with E-state index >= 15 is 0 Å². The second kappa shape index (κ2) is 10.7. The van der Waals surface area contributed by atoms with Gasteiger partial charge in [-0.15, -0.1) is 0 Å². The van der Waals surface area contributed by atoms with E-state index in [4.69, 9.17) is 21.1 Å². The van der Waals surface area contributed by atoms with Crippen LogP contribution < -0.4 is 14.8 Å². The number of nitrogens with zero attached hydrogens (tertiary/aromatic N) is 1. The maximum absolute atomic E-state index is 13.7. The predicted molar refractivity (Wildman–Crippen MR) is 128 cm³/mol. The van der Waals surface area contributed by atoms with E-state index in [0.29, 0.717) is 16.5 Å². The van der Waals surface area contributed by atoms with Gasteiger partial charge < -0.3 is 14.8 Å². The molecule has 0 bridgehead atoms. The summed E-state index contributed by atoms with van der Waals surface area (Å²) in [6.45, 7) is 1.40. The Labute approximate surface area is 198 Å². The molecule has 0 radical (unpaired) electrons. The molecule has 0 atom stereocenters. The van der Waals surface area contributed by atoms with Crippen molar-refractivity contribution in [3.05, 3.63) is 82.9 Å². The zero-order chi connectivity index (χ0) is 24.0. The highest BCUT2D eigenvalue weighted by atomic mass is 35.5. The lowest BCUT2D eigenvalue weighted by Gasteiger charge is -2.23. The van der Waals surface area contributed by atoms with Gasteiger partial charge in [0.1, 0.15) is 16.4 Å². The summed E-state index contributed by atoms with van der Waals surface area (Å²) in [5, 5.41) is 3.31. The third kappa shape index (κ3) is 6.04. The molecule has 1 N–H and O–H groups in total. The number of ether oxygens (including phenoxy) is 2. The molecule has 0 aromatic heterocycles. The van der Waals surface area contributed by atoms with Crippen molar-refractivity contribution in [2.45, 2.75) is 18.4 Å². The third-order valence-electron chi connectivity index (χ3n) is 4.97. The molecular weight excluding hydrogens is 464 g/mol. The van der Waals surface area contributed by atoms with Crippen molar-refractivity contribution >= 4 is 33.2 Å². The molecule has 33 heavy (non-hydrogen) atoms. The molecule has 174 valence electrons. The van der Waals surface area contributed by atoms with Gasteiger partial charge in [0.15, 0.2) is 0 Å². The van der Waals surface area contributed by atoms with Crippen molar-refractivity contribution in [3.63, 3.8) is 0 Å². The number of rotatable bonds is 9. The lowest BCUT2D eigenvalue weighted by Crippen LogP contribution is -2.37. The standard InChI is InChI=1S/C24H25ClN2O5S/c1-17-13-19(25)9-11-21(17)26-24(28)16-27(15-18-7-5-4-6-8-18)33(29,30)23-14-20(31-2)10-12-22(23)32-3/h4-14H,15-16H2,1-3H3,(H,26,28). The fraction of sp³-hybridized carbons (Fsp3) is 0.208. The quantitative estimate of drug-likeness (QED) is 0.479. The summed E-state index contributed by atoms with van der Waals surface area (Å²) in [5.74, 6) is 0.0277. The van der Waals surface area contributed by atoms with Gasteiger partial charge >= 0.3 is 0 Å². The van der Waals surface area contributed by atoms with E-state index in [1.165, 1.54) is 26.4 Å². The zero-order valence-electron chi connectivity index (χ0n) is 18.5. The number of sulfonamides is 1. The summed E-state index contributed by atoms with van der Waals surface area (Å²) in [4.78, 5) is 12.8. The van der Waals surface area contributed by atoms with E-state index < -0.39 is 22.5 Å². The number of benzene rings is 3. The van der Waals surface area contributed by atoms with Gasteiger partial charge in [0.25, 0.3) is 0 Å². The molecule has 3 aromatic rings. The molecule has 0 spiro atoms. The molecule has 1 amide bonds. The second-order valence-electron chi connectivity index (χ2n) is 7.28. The summed E-state index contributed by atoms with van der Waals surface area (Å²) < 4.78 is 39.0. The van der Waals surface area contributed by atoms with Gasteiger partial charge in [-0.25, -0.2) is 8.42 Å². The molecule has 3 aromatic carbocycles. The first-order valence-corrected chi connectivity index (χ1v) is 11.9. The Morgan fingerprint density at radius 1 is 1.00 bits per heavy atom. The molecule has 3 rings (SSSR count). The highest BCUT2D eigenvalue weighted by Gasteiger charge is 2.30. The maximum Gasteiger partial charge on any atom is 0.247 e. The molecule has 0 aliphatic rings. The summed E-state index contributed by atoms with van der Waals surface area (Å²) in [6, 6.07) is 18.6. The minimum Gasteiger partial charge on any atom is -0.497 e. The van der Waals surface area contributed by atoms with E-state index in [9.17, 15) is 13.2 Å². The Bertz CT molecular complexity index is 1230. The van der Waals surface area contributed by atoms with Crippen molar-refractivity contribution in [1.29, 1.82) is 0 Å². The number of hydrogen-bond acceptors (Lipinski definition) is 5. The highest BCUT2D eigenvalue weighted by Crippen LogP contribution is 2.31. The number of anilines is 1. The van der Waals surface area contributed by atoms with Crippen molar-refractivity contribution < 1.29 is 22.7 Å². The van der Waals surface area contributed by atoms with Gasteiger partial charge in [0.2, 0.25) is 15.9 Å². The van der Waals surface area contributed by atoms with Crippen LogP contribution in [0.15, 0.2) is 71.6 Å². The van der Waals surface area contributed by atoms with Crippen LogP contribution >= 0.6 is 11.6 Å². The maximum atomic E-state index is 13.7. The molecule has 0 heterocycles. The Hall–Kier alpha value is -3.07. The van der Waals surface area contributed by atoms with Crippen LogP contribution in [-0.4, -0.2) is 39.4 Å². The molecule has 9 heteroatoms. The van der Waals surface area contributed by atoms with Crippen LogP contribution in [0.1, 0.15) is 11.1 Å². The van der Waals surface area contributed by atoms with Gasteiger partial charge in [-0.05, 0) is 48.4 Å². The summed E-state index contributed by atoms with van der Waals surface area (Å²) in [5.41, 5.74) is 2.06. The van der Waals surface area contributed by atoms with Crippen molar-refractivity contribution in [1.82, 2.24) is 4.31 Å². The molecule has 0 saturated heterocycles. The number of halogens is 1. The Balaban J connectivity index is 1.96. The lowest BCUT2D eigenvalue weighted by molar-refractivity contribution is -0.116. The monoisotopic (exact) mass is 488 g/mol. The first-order chi connectivity index (χ1) is 15.7. The van der Waals surface area contributed by atoms with Gasteiger partial charge in [0, 0.05) is 23.3 Å². The van der Waals surface area contributed by atoms with E-state index in [1.54, 1.807) is 43.3 Å². The van der Waals surface area contributed by atoms with E-state index in [-0.39, 0.29) is 17.2 Å². The molecule has 0 aliphatic heterocycles. The number of carbonyl (C=O) groups is 1. The molecular formula is C24H25ClN2O5S. The van der Waals surface area contributed by atoms with Gasteiger partial charge in [-0.2, -0.15) is 4.31 Å². The fourth-order valence-corrected chi connectivity index (χ4v) is 5.04. The van der Waals surface area contributed by atoms with E-state index in [1.807, 2.05) is 18.2 Å². The number of methoxy groups -OCH3 is 2. The number of aryl methyl sites for hydroxylation is 1. The van der Waals surface area contributed by atoms with E-state index in [0.717, 1.165) is 15.4 Å². The van der Waals surface area contributed by atoms with Crippen molar-refractivity contribution in [2.24, 2.45) is 0 Å². The summed E-state index contributed by atoms with van der Waals surface area (Å²) in [6.07, 6.45) is 0. The van der Waals surface area contributed by atoms with Crippen molar-refractivity contribution in [2.75, 3.05) is 26.1 Å². The topological polar surface area (TPSA) is 84.9 Å². The van der Waals surface area contributed by atoms with Crippen LogP contribution in [0.4, 0.5) is 5.69 Å². The number of hydrogen-bond donors (Lipinski definition) is 1. The van der Waals surface area contributed by atoms with Gasteiger partial charge in [0.05, 0.1) is 20.8 Å². The highest BCUT2D eigenvalue weighted by molar-refractivity contribution is 7.89. The third-order valence-corrected chi connectivity index (χ3v) is 7.02. The summed E-state index contributed by atoms with van der Waals surface area (Å²) >= 11 is 5.99. The Morgan fingerprint density at radius 2 is 1.73 bits per heavy atom. The number of amides is 1. The normalized spacial score (nSPS) is 11.3. The largest absolute Gasteiger partial charge is 0.497 e. The predicted octanol–water partition coefficient (Wildman–Crippen LogP) is 4.50. The molecule has 0 saturated carbocycles. The SMILES string of the molecule is COc1ccc(OC)c(S(=O)(=O)N(CC(=O)Nc2ccc(Cl)cc2C)Cc2ccccc2)c1. The zero-order valence-corrected chi connectivity index (χ0v) is 20.1. The van der Waals surface area contributed by atoms with Crippen LogP contribution in [-0.2, 0) is 21.4 Å². The Morgan fingerprint density at radius 3 is 2.36 bits per heavy atom. The van der Waals surface area contributed by atoms with Gasteiger partial charge in [-0.3, -0.25) is 4.79 Å². The molecule has 0 aliphatic carbocycles. The number of carbonyl (C=O) groups excluding carboxylic acids is 1. The first kappa shape index (κ1) is 24.6. The number of nitrogens with one attached hydrogen (secondary N) is 1. The van der Waals surface area contributed by atoms with Crippen LogP contribution in [0.2, 0.25) is 5.02 Å². The summed E-state index contributed by atoms with van der Waals surface area (Å²) in [7, 11) is -1.30. The first-order valence-electron chi connectivity index (χ1n) is 10.1. The second-order valence-corrected chi connectivity index (χ2v) is 9.63. The van der Waals surface area contributed by atoms with Crippen LogP contribution in [0.25, 0.3) is 0 Å². The smallest absolute Gasteiger partial charge is 0.247 e. The fourth-order valence-electron chi connectivity index (χ4n) is 3.25. The van der Waals surface area contributed by atoms with Crippen LogP contribution in [0, 0.1) is 6.92 Å².